The number of hydrogen-bond donors (Lipinski definition) is 0. The van der Waals surface area contributed by atoms with Gasteiger partial charge in [-0.05, 0) is 32.8 Å². The van der Waals surface area contributed by atoms with Gasteiger partial charge in [0.1, 0.15) is 6.07 Å². The Labute approximate surface area is 119 Å². The van der Waals surface area contributed by atoms with Crippen LogP contribution in [0.15, 0.2) is 18.5 Å². The highest BCUT2D eigenvalue weighted by atomic mass is 16.2. The number of amides is 1. The first kappa shape index (κ1) is 13.2. The van der Waals surface area contributed by atoms with Gasteiger partial charge in [-0.15, -0.1) is 0 Å². The Balaban J connectivity index is 1.79. The van der Waals surface area contributed by atoms with Crippen LogP contribution in [0.3, 0.4) is 0 Å². The summed E-state index contributed by atoms with van der Waals surface area (Å²) < 4.78 is 1.55. The number of hydrogen-bond acceptors (Lipinski definition) is 3. The van der Waals surface area contributed by atoms with E-state index in [0.717, 1.165) is 25.9 Å². The Kier molecular flexibility index (Phi) is 3.27. The van der Waals surface area contributed by atoms with Crippen LogP contribution >= 0.6 is 0 Å². The first-order chi connectivity index (χ1) is 9.60. The molecule has 1 aromatic rings. The number of aromatic nitrogens is 1. The molecule has 0 radical (unpaired) electrons. The molecule has 0 saturated carbocycles. The quantitative estimate of drug-likeness (QED) is 0.784. The first-order valence-corrected chi connectivity index (χ1v) is 7.25. The van der Waals surface area contributed by atoms with Gasteiger partial charge >= 0.3 is 6.03 Å². The second kappa shape index (κ2) is 4.95. The van der Waals surface area contributed by atoms with E-state index in [2.05, 4.69) is 24.8 Å². The SMILES string of the molecule is CC(C)N1CC2CCC(C1)N2C(=O)n1ccc(C#N)c1. The summed E-state index contributed by atoms with van der Waals surface area (Å²) in [6, 6.07) is 4.93. The van der Waals surface area contributed by atoms with Gasteiger partial charge < -0.3 is 4.90 Å². The lowest BCUT2D eigenvalue weighted by molar-refractivity contribution is 0.0711. The highest BCUT2D eigenvalue weighted by Crippen LogP contribution is 2.31. The minimum Gasteiger partial charge on any atom is -0.316 e. The minimum absolute atomic E-state index is 0.0161. The number of piperazine rings is 1. The molecule has 20 heavy (non-hydrogen) atoms. The normalized spacial score (nSPS) is 26.0. The molecule has 0 spiro atoms. The van der Waals surface area contributed by atoms with Crippen LogP contribution in [0.5, 0.6) is 0 Å². The van der Waals surface area contributed by atoms with Crippen molar-refractivity contribution in [3.05, 3.63) is 24.0 Å². The molecule has 2 unspecified atom stereocenters. The zero-order valence-electron chi connectivity index (χ0n) is 12.0. The van der Waals surface area contributed by atoms with Crippen molar-refractivity contribution in [2.75, 3.05) is 13.1 Å². The molecule has 2 aliphatic rings. The zero-order chi connectivity index (χ0) is 14.3. The molecule has 2 atom stereocenters. The Hall–Kier alpha value is -1.80. The van der Waals surface area contributed by atoms with E-state index < -0.39 is 0 Å². The number of nitrogens with zero attached hydrogens (tertiary/aromatic N) is 4. The third kappa shape index (κ3) is 2.10. The number of carbonyl (C=O) groups is 1. The lowest BCUT2D eigenvalue weighted by Crippen LogP contribution is -2.57. The largest absolute Gasteiger partial charge is 0.328 e. The molecule has 1 aromatic heterocycles. The van der Waals surface area contributed by atoms with Crippen LogP contribution in [0.1, 0.15) is 32.3 Å². The third-order valence-electron chi connectivity index (χ3n) is 4.50. The highest BCUT2D eigenvalue weighted by Gasteiger charge is 2.43. The summed E-state index contributed by atoms with van der Waals surface area (Å²) in [4.78, 5) is 17.1. The van der Waals surface area contributed by atoms with Crippen LogP contribution in [0, 0.1) is 11.3 Å². The number of carbonyl (C=O) groups excluding carboxylic acids is 1. The third-order valence-corrected chi connectivity index (χ3v) is 4.50. The number of rotatable bonds is 1. The van der Waals surface area contributed by atoms with Crippen molar-refractivity contribution in [2.45, 2.75) is 44.8 Å². The molecule has 2 fully saturated rings. The second-order valence-corrected chi connectivity index (χ2v) is 6.04. The lowest BCUT2D eigenvalue weighted by atomic mass is 10.1. The van der Waals surface area contributed by atoms with Gasteiger partial charge in [0.25, 0.3) is 0 Å². The predicted molar refractivity (Wildman–Crippen MR) is 75.3 cm³/mol. The van der Waals surface area contributed by atoms with E-state index in [1.54, 1.807) is 23.0 Å². The summed E-state index contributed by atoms with van der Waals surface area (Å²) in [5, 5.41) is 8.86. The summed E-state index contributed by atoms with van der Waals surface area (Å²) in [6.45, 7) is 6.35. The van der Waals surface area contributed by atoms with Gasteiger partial charge in [-0.2, -0.15) is 5.26 Å². The smallest absolute Gasteiger partial charge is 0.316 e. The van der Waals surface area contributed by atoms with Gasteiger partial charge in [-0.3, -0.25) is 9.47 Å². The van der Waals surface area contributed by atoms with E-state index in [1.165, 1.54) is 0 Å². The molecule has 2 saturated heterocycles. The molecule has 0 N–H and O–H groups in total. The Morgan fingerprint density at radius 1 is 1.35 bits per heavy atom. The molecular weight excluding hydrogens is 252 g/mol. The van der Waals surface area contributed by atoms with E-state index in [1.807, 2.05) is 4.90 Å². The molecule has 2 bridgehead atoms. The van der Waals surface area contributed by atoms with Crippen molar-refractivity contribution in [3.63, 3.8) is 0 Å². The molecule has 5 heteroatoms. The number of likely N-dealkylation sites (tertiary alicyclic amines) is 1. The molecule has 3 heterocycles. The van der Waals surface area contributed by atoms with Crippen LogP contribution in [-0.4, -0.2) is 51.6 Å². The standard InChI is InChI=1S/C15H20N4O/c1-11(2)18-9-13-3-4-14(10-18)19(13)15(20)17-6-5-12(7-16)8-17/h5-6,8,11,13-14H,3-4,9-10H2,1-2H3. The van der Waals surface area contributed by atoms with Gasteiger partial charge in [-0.25, -0.2) is 4.79 Å². The second-order valence-electron chi connectivity index (χ2n) is 6.04. The van der Waals surface area contributed by atoms with Gasteiger partial charge in [-0.1, -0.05) is 0 Å². The molecule has 3 rings (SSSR count). The van der Waals surface area contributed by atoms with Gasteiger partial charge in [0.05, 0.1) is 5.56 Å². The average molecular weight is 272 g/mol. The molecule has 2 aliphatic heterocycles. The minimum atomic E-state index is 0.0161. The molecule has 0 aliphatic carbocycles. The van der Waals surface area contributed by atoms with Crippen LogP contribution in [-0.2, 0) is 0 Å². The monoisotopic (exact) mass is 272 g/mol. The predicted octanol–water partition coefficient (Wildman–Crippen LogP) is 1.88. The topological polar surface area (TPSA) is 52.3 Å². The van der Waals surface area contributed by atoms with E-state index in [-0.39, 0.29) is 6.03 Å². The van der Waals surface area contributed by atoms with Crippen LogP contribution in [0.25, 0.3) is 0 Å². The molecule has 5 nitrogen and oxygen atoms in total. The average Bonchev–Trinajstić information content (AvgIpc) is 3.01. The Morgan fingerprint density at radius 3 is 2.50 bits per heavy atom. The molecule has 1 amide bonds. The summed E-state index contributed by atoms with van der Waals surface area (Å²) in [6.07, 6.45) is 5.49. The zero-order valence-corrected chi connectivity index (χ0v) is 12.0. The number of nitriles is 1. The van der Waals surface area contributed by atoms with Crippen molar-refractivity contribution >= 4 is 6.03 Å². The fraction of sp³-hybridized carbons (Fsp3) is 0.600. The Bertz CT molecular complexity index is 542. The summed E-state index contributed by atoms with van der Waals surface area (Å²) in [7, 11) is 0. The first-order valence-electron chi connectivity index (χ1n) is 7.25. The maximum atomic E-state index is 12.6. The van der Waals surface area contributed by atoms with Crippen LogP contribution in [0.2, 0.25) is 0 Å². The molecule has 106 valence electrons. The van der Waals surface area contributed by atoms with Crippen molar-refractivity contribution in [2.24, 2.45) is 0 Å². The van der Waals surface area contributed by atoms with E-state index in [9.17, 15) is 4.79 Å². The van der Waals surface area contributed by atoms with E-state index >= 15 is 0 Å². The maximum Gasteiger partial charge on any atom is 0.328 e. The van der Waals surface area contributed by atoms with Crippen LogP contribution < -0.4 is 0 Å². The summed E-state index contributed by atoms with van der Waals surface area (Å²) in [5.41, 5.74) is 0.534. The molecular formula is C15H20N4O. The van der Waals surface area contributed by atoms with Gasteiger partial charge in [0.15, 0.2) is 0 Å². The van der Waals surface area contributed by atoms with Crippen LogP contribution in [0.4, 0.5) is 4.79 Å². The van der Waals surface area contributed by atoms with E-state index in [0.29, 0.717) is 23.7 Å². The van der Waals surface area contributed by atoms with Crippen molar-refractivity contribution in [1.29, 1.82) is 5.26 Å². The number of fused-ring (bicyclic) bond motifs is 2. The highest BCUT2D eigenvalue weighted by molar-refractivity contribution is 5.78. The molecule has 0 aromatic carbocycles. The van der Waals surface area contributed by atoms with Crippen molar-refractivity contribution < 1.29 is 4.79 Å². The van der Waals surface area contributed by atoms with Crippen molar-refractivity contribution in [3.8, 4) is 6.07 Å². The van der Waals surface area contributed by atoms with Crippen molar-refractivity contribution in [1.82, 2.24) is 14.4 Å². The van der Waals surface area contributed by atoms with Gasteiger partial charge in [0.2, 0.25) is 0 Å². The van der Waals surface area contributed by atoms with E-state index in [4.69, 9.17) is 5.26 Å². The summed E-state index contributed by atoms with van der Waals surface area (Å²) in [5.74, 6) is 0. The fourth-order valence-electron chi connectivity index (χ4n) is 3.38. The Morgan fingerprint density at radius 2 is 2.00 bits per heavy atom. The maximum absolute atomic E-state index is 12.6. The van der Waals surface area contributed by atoms with Gasteiger partial charge in [0, 0.05) is 43.6 Å². The summed E-state index contributed by atoms with van der Waals surface area (Å²) >= 11 is 0. The lowest BCUT2D eigenvalue weighted by Gasteiger charge is -2.42. The fourth-order valence-corrected chi connectivity index (χ4v) is 3.38.